The average Bonchev–Trinajstić information content (AvgIpc) is 3.42. The van der Waals surface area contributed by atoms with E-state index in [9.17, 15) is 0 Å². The molecule has 0 radical (unpaired) electrons. The van der Waals surface area contributed by atoms with Crippen molar-refractivity contribution in [2.45, 2.75) is 0 Å². The van der Waals surface area contributed by atoms with Crippen LogP contribution in [0.15, 0.2) is 255 Å². The minimum Gasteiger partial charge on any atom is -0.0622 e. The van der Waals surface area contributed by atoms with Crippen LogP contribution in [0.2, 0.25) is 0 Å². The first-order valence-corrected chi connectivity index (χ1v) is 23.7. The number of hydrogen-bond acceptors (Lipinski definition) is 0. The van der Waals surface area contributed by atoms with Crippen molar-refractivity contribution in [3.05, 3.63) is 255 Å². The summed E-state index contributed by atoms with van der Waals surface area (Å²) in [7, 11) is 0. The van der Waals surface area contributed by atoms with Gasteiger partial charge in [0.15, 0.2) is 0 Å². The molecule has 0 aliphatic heterocycles. The summed E-state index contributed by atoms with van der Waals surface area (Å²) in [5.41, 5.74) is 17.4. The molecule has 14 aromatic carbocycles. The van der Waals surface area contributed by atoms with Gasteiger partial charge in [0.25, 0.3) is 0 Å². The van der Waals surface area contributed by atoms with Gasteiger partial charge in [0.1, 0.15) is 0 Å². The van der Waals surface area contributed by atoms with Crippen LogP contribution in [0.5, 0.6) is 0 Å². The average molecular weight is 859 g/mol. The van der Waals surface area contributed by atoms with Crippen LogP contribution in [0.3, 0.4) is 0 Å². The topological polar surface area (TPSA) is 0 Å². The molecule has 0 saturated heterocycles. The monoisotopic (exact) mass is 858 g/mol. The van der Waals surface area contributed by atoms with Crippen LogP contribution < -0.4 is 0 Å². The van der Waals surface area contributed by atoms with Gasteiger partial charge in [-0.25, -0.2) is 0 Å². The second-order valence-electron chi connectivity index (χ2n) is 18.2. The highest BCUT2D eigenvalue weighted by atomic mass is 14.3. The van der Waals surface area contributed by atoms with Crippen molar-refractivity contribution in [3.8, 4) is 77.9 Å². The van der Waals surface area contributed by atoms with E-state index in [2.05, 4.69) is 255 Å². The zero-order valence-corrected chi connectivity index (χ0v) is 37.2. The second kappa shape index (κ2) is 15.4. The molecule has 0 heteroatoms. The van der Waals surface area contributed by atoms with Crippen molar-refractivity contribution < 1.29 is 0 Å². The van der Waals surface area contributed by atoms with E-state index in [1.807, 2.05) is 0 Å². The Bertz CT molecular complexity index is 3930. The summed E-state index contributed by atoms with van der Waals surface area (Å²) < 4.78 is 0. The molecule has 0 aliphatic carbocycles. The van der Waals surface area contributed by atoms with E-state index in [-0.39, 0.29) is 0 Å². The van der Waals surface area contributed by atoms with Crippen molar-refractivity contribution >= 4 is 64.6 Å². The van der Waals surface area contributed by atoms with E-state index in [4.69, 9.17) is 0 Å². The molecular weight excluding hydrogens is 817 g/mol. The molecule has 0 aliphatic rings. The van der Waals surface area contributed by atoms with Gasteiger partial charge in [-0.3, -0.25) is 0 Å². The van der Waals surface area contributed by atoms with Gasteiger partial charge >= 0.3 is 0 Å². The summed E-state index contributed by atoms with van der Waals surface area (Å²) in [4.78, 5) is 0. The largest absolute Gasteiger partial charge is 0.0622 e. The second-order valence-corrected chi connectivity index (χ2v) is 18.2. The molecule has 0 aromatic heterocycles. The molecule has 0 N–H and O–H groups in total. The lowest BCUT2D eigenvalue weighted by Gasteiger charge is -2.22. The Morgan fingerprint density at radius 1 is 0.147 bits per heavy atom. The molecule has 0 heterocycles. The first-order valence-electron chi connectivity index (χ1n) is 23.7. The van der Waals surface area contributed by atoms with Crippen molar-refractivity contribution in [1.29, 1.82) is 0 Å². The molecule has 14 aromatic rings. The van der Waals surface area contributed by atoms with E-state index >= 15 is 0 Å². The van der Waals surface area contributed by atoms with Crippen LogP contribution >= 0.6 is 0 Å². The summed E-state index contributed by atoms with van der Waals surface area (Å²) >= 11 is 0. The van der Waals surface area contributed by atoms with Crippen LogP contribution in [0, 0.1) is 0 Å². The minimum atomic E-state index is 1.22. The summed E-state index contributed by atoms with van der Waals surface area (Å²) in [6, 6.07) is 94.6. The minimum absolute atomic E-state index is 1.22. The van der Waals surface area contributed by atoms with Crippen LogP contribution in [-0.4, -0.2) is 0 Å². The third-order valence-corrected chi connectivity index (χ3v) is 14.6. The highest BCUT2D eigenvalue weighted by Gasteiger charge is 2.23. The molecule has 68 heavy (non-hydrogen) atoms. The van der Waals surface area contributed by atoms with E-state index in [0.717, 1.165) is 0 Å². The molecule has 0 nitrogen and oxygen atoms in total. The zero-order valence-electron chi connectivity index (χ0n) is 37.2. The van der Waals surface area contributed by atoms with Crippen LogP contribution in [0.1, 0.15) is 0 Å². The highest BCUT2D eigenvalue weighted by molar-refractivity contribution is 6.34. The normalized spacial score (nSPS) is 11.8. The van der Waals surface area contributed by atoms with Crippen molar-refractivity contribution in [3.63, 3.8) is 0 Å². The molecule has 14 rings (SSSR count). The Hall–Kier alpha value is -8.84. The molecule has 0 spiro atoms. The highest BCUT2D eigenvalue weighted by Crippen LogP contribution is 2.51. The van der Waals surface area contributed by atoms with Gasteiger partial charge in [0.05, 0.1) is 0 Å². The summed E-state index contributed by atoms with van der Waals surface area (Å²) in [5.74, 6) is 0. The number of rotatable bonds is 7. The molecule has 314 valence electrons. The van der Waals surface area contributed by atoms with E-state index in [1.54, 1.807) is 0 Å². The first kappa shape index (κ1) is 38.4. The maximum absolute atomic E-state index is 2.48. The molecule has 0 bridgehead atoms. The van der Waals surface area contributed by atoms with E-state index < -0.39 is 0 Å². The summed E-state index contributed by atoms with van der Waals surface area (Å²) in [6.45, 7) is 0. The van der Waals surface area contributed by atoms with Crippen LogP contribution in [0.25, 0.3) is 143 Å². The van der Waals surface area contributed by atoms with Gasteiger partial charge in [-0.1, -0.05) is 243 Å². The Labute approximate surface area is 395 Å². The van der Waals surface area contributed by atoms with Crippen LogP contribution in [-0.2, 0) is 0 Å². The molecule has 0 atom stereocenters. The predicted octanol–water partition coefficient (Wildman–Crippen LogP) is 19.2. The molecule has 0 fully saturated rings. The lowest BCUT2D eigenvalue weighted by molar-refractivity contribution is 1.60. The van der Waals surface area contributed by atoms with Gasteiger partial charge in [-0.2, -0.15) is 0 Å². The van der Waals surface area contributed by atoms with Crippen molar-refractivity contribution in [1.82, 2.24) is 0 Å². The number of benzene rings is 14. The van der Waals surface area contributed by atoms with Gasteiger partial charge in [0, 0.05) is 0 Å². The van der Waals surface area contributed by atoms with E-state index in [1.165, 1.54) is 143 Å². The lowest BCUT2D eigenvalue weighted by atomic mass is 9.80. The smallest absolute Gasteiger partial charge is 0.00141 e. The molecular formula is C68H42. The lowest BCUT2D eigenvalue weighted by Crippen LogP contribution is -1.95. The Balaban J connectivity index is 1.08. The number of hydrogen-bond donors (Lipinski definition) is 0. The SMILES string of the molecule is c1ccc(-c2ccccc2-c2ccc3cc(-c4cc5ccc(-c6ccccc6-c6ccccc6)c6ccc7c(-c8ccccc8)ccc4c7c56)c4ccc(-c5ccccc5)c5ccc2c3c54)cc1. The van der Waals surface area contributed by atoms with Gasteiger partial charge in [-0.05, 0) is 155 Å². The van der Waals surface area contributed by atoms with Gasteiger partial charge in [-0.15, -0.1) is 0 Å². The fourth-order valence-electron chi connectivity index (χ4n) is 11.6. The quantitative estimate of drug-likeness (QED) is 0.140. The Morgan fingerprint density at radius 2 is 0.412 bits per heavy atom. The molecule has 0 amide bonds. The van der Waals surface area contributed by atoms with Crippen molar-refractivity contribution in [2.24, 2.45) is 0 Å². The maximum Gasteiger partial charge on any atom is -0.00141 e. The van der Waals surface area contributed by atoms with Gasteiger partial charge < -0.3 is 0 Å². The third kappa shape index (κ3) is 5.88. The fraction of sp³-hybridized carbons (Fsp3) is 0. The Morgan fingerprint density at radius 3 is 0.779 bits per heavy atom. The molecule has 0 unspecified atom stereocenters. The summed E-state index contributed by atoms with van der Waals surface area (Å²) in [6.07, 6.45) is 0. The maximum atomic E-state index is 2.48. The Kier molecular flexibility index (Phi) is 8.69. The third-order valence-electron chi connectivity index (χ3n) is 14.6. The van der Waals surface area contributed by atoms with Crippen LogP contribution in [0.4, 0.5) is 0 Å². The fourth-order valence-corrected chi connectivity index (χ4v) is 11.6. The standard InChI is InChI=1S/C68H42/c1-5-17-43(18-6-1)49-25-13-15-27-53(49)55-31-29-47-41-63(61-35-33-51(45-21-9-3-10-22-45)57-37-39-59(55)65(47)67(57)61)64-42-48-30-32-56(54-28-16-14-26-50(54)44-19-7-2-8-20-44)60-40-38-58-52(46-23-11-4-12-24-46)34-36-62(64)68(58)66(48)60/h1-42H. The van der Waals surface area contributed by atoms with Gasteiger partial charge in [0.2, 0.25) is 0 Å². The van der Waals surface area contributed by atoms with E-state index in [0.29, 0.717) is 0 Å². The zero-order chi connectivity index (χ0) is 44.7. The molecule has 0 saturated carbocycles. The van der Waals surface area contributed by atoms with Crippen molar-refractivity contribution in [2.75, 3.05) is 0 Å². The summed E-state index contributed by atoms with van der Waals surface area (Å²) in [5, 5.41) is 15.3. The first-order chi connectivity index (χ1) is 33.8. The predicted molar refractivity (Wildman–Crippen MR) is 292 cm³/mol.